The minimum absolute atomic E-state index is 0.0778. The number of aromatic nitrogens is 2. The molecule has 0 unspecified atom stereocenters. The first-order chi connectivity index (χ1) is 11.4. The standard InChI is InChI=1S/C14H17N3O6S/c1-12-2-4-14(5-3-12)24(20,21)23-9-8-22-7-6-16-11-13(10-15-16)17(18)19/h2-5,10-11H,6-9H2,1H3. The van der Waals surface area contributed by atoms with E-state index >= 15 is 0 Å². The molecule has 0 N–H and O–H groups in total. The van der Waals surface area contributed by atoms with E-state index in [0.29, 0.717) is 6.54 Å². The maximum Gasteiger partial charge on any atom is 0.306 e. The van der Waals surface area contributed by atoms with Gasteiger partial charge in [-0.05, 0) is 19.1 Å². The van der Waals surface area contributed by atoms with Crippen LogP contribution in [-0.2, 0) is 25.6 Å². The molecule has 130 valence electrons. The smallest absolute Gasteiger partial charge is 0.306 e. The number of hydrogen-bond donors (Lipinski definition) is 0. The van der Waals surface area contributed by atoms with Gasteiger partial charge < -0.3 is 4.74 Å². The zero-order valence-electron chi connectivity index (χ0n) is 13.0. The minimum Gasteiger partial charge on any atom is -0.377 e. The van der Waals surface area contributed by atoms with Crippen molar-refractivity contribution >= 4 is 15.8 Å². The van der Waals surface area contributed by atoms with Crippen molar-refractivity contribution in [1.29, 1.82) is 0 Å². The summed E-state index contributed by atoms with van der Waals surface area (Å²) in [6.07, 6.45) is 2.44. The van der Waals surface area contributed by atoms with Crippen molar-refractivity contribution < 1.29 is 22.3 Å². The molecule has 24 heavy (non-hydrogen) atoms. The van der Waals surface area contributed by atoms with Crippen LogP contribution in [0.15, 0.2) is 41.6 Å². The molecule has 10 heteroatoms. The molecule has 0 atom stereocenters. The summed E-state index contributed by atoms with van der Waals surface area (Å²) in [4.78, 5) is 10.1. The van der Waals surface area contributed by atoms with Gasteiger partial charge in [0.05, 0.1) is 36.2 Å². The lowest BCUT2D eigenvalue weighted by Crippen LogP contribution is -2.14. The van der Waals surface area contributed by atoms with Gasteiger partial charge in [0.25, 0.3) is 10.1 Å². The molecule has 0 aliphatic carbocycles. The van der Waals surface area contributed by atoms with Crippen LogP contribution in [0.25, 0.3) is 0 Å². The summed E-state index contributed by atoms with van der Waals surface area (Å²) in [5.74, 6) is 0. The van der Waals surface area contributed by atoms with E-state index in [4.69, 9.17) is 8.92 Å². The van der Waals surface area contributed by atoms with Crippen LogP contribution in [0.5, 0.6) is 0 Å². The molecule has 1 heterocycles. The molecule has 2 aromatic rings. The van der Waals surface area contributed by atoms with Crippen LogP contribution in [0.3, 0.4) is 0 Å². The molecule has 0 bridgehead atoms. The Balaban J connectivity index is 1.69. The lowest BCUT2D eigenvalue weighted by molar-refractivity contribution is -0.385. The van der Waals surface area contributed by atoms with E-state index in [0.717, 1.165) is 11.8 Å². The van der Waals surface area contributed by atoms with E-state index in [2.05, 4.69) is 5.10 Å². The molecule has 2 rings (SSSR count). The topological polar surface area (TPSA) is 114 Å². The fourth-order valence-corrected chi connectivity index (χ4v) is 2.70. The predicted octanol–water partition coefficient (Wildman–Crippen LogP) is 1.52. The van der Waals surface area contributed by atoms with Gasteiger partial charge in [0.2, 0.25) is 0 Å². The van der Waals surface area contributed by atoms with Crippen LogP contribution in [-0.4, -0.2) is 42.9 Å². The third-order valence-electron chi connectivity index (χ3n) is 3.07. The van der Waals surface area contributed by atoms with Crippen molar-refractivity contribution in [2.75, 3.05) is 19.8 Å². The average molecular weight is 355 g/mol. The largest absolute Gasteiger partial charge is 0.377 e. The molecule has 0 aliphatic heterocycles. The van der Waals surface area contributed by atoms with Gasteiger partial charge >= 0.3 is 5.69 Å². The molecule has 0 saturated carbocycles. The van der Waals surface area contributed by atoms with Gasteiger partial charge in [-0.3, -0.25) is 19.0 Å². The van der Waals surface area contributed by atoms with Gasteiger partial charge in [0.1, 0.15) is 12.4 Å². The maximum atomic E-state index is 11.9. The number of nitro groups is 1. The van der Waals surface area contributed by atoms with Crippen molar-refractivity contribution in [2.24, 2.45) is 0 Å². The fourth-order valence-electron chi connectivity index (χ4n) is 1.80. The molecule has 1 aromatic heterocycles. The number of benzene rings is 1. The number of aryl methyl sites for hydroxylation is 1. The number of hydrogen-bond acceptors (Lipinski definition) is 7. The normalized spacial score (nSPS) is 11.5. The molecular formula is C14H17N3O6S. The second kappa shape index (κ2) is 7.99. The summed E-state index contributed by atoms with van der Waals surface area (Å²) in [6, 6.07) is 6.35. The monoisotopic (exact) mass is 355 g/mol. The quantitative estimate of drug-likeness (QED) is 0.290. The van der Waals surface area contributed by atoms with Crippen LogP contribution in [0.2, 0.25) is 0 Å². The highest BCUT2D eigenvalue weighted by atomic mass is 32.2. The zero-order valence-corrected chi connectivity index (χ0v) is 13.8. The summed E-state index contributed by atoms with van der Waals surface area (Å²) >= 11 is 0. The Morgan fingerprint density at radius 1 is 1.21 bits per heavy atom. The Kier molecular flexibility index (Phi) is 6.01. The van der Waals surface area contributed by atoms with Gasteiger partial charge in [0, 0.05) is 0 Å². The number of nitrogens with zero attached hydrogens (tertiary/aromatic N) is 3. The van der Waals surface area contributed by atoms with Gasteiger partial charge in [-0.15, -0.1) is 0 Å². The number of rotatable bonds is 9. The van der Waals surface area contributed by atoms with Gasteiger partial charge in [-0.2, -0.15) is 13.5 Å². The third-order valence-corrected chi connectivity index (χ3v) is 4.40. The van der Waals surface area contributed by atoms with E-state index < -0.39 is 15.0 Å². The first-order valence-corrected chi connectivity index (χ1v) is 8.50. The molecule has 0 aliphatic rings. The molecule has 9 nitrogen and oxygen atoms in total. The fraction of sp³-hybridized carbons (Fsp3) is 0.357. The predicted molar refractivity (Wildman–Crippen MR) is 84.0 cm³/mol. The summed E-state index contributed by atoms with van der Waals surface area (Å²) in [5.41, 5.74) is 0.860. The van der Waals surface area contributed by atoms with Gasteiger partial charge in [0.15, 0.2) is 0 Å². The van der Waals surface area contributed by atoms with Crippen LogP contribution in [0.4, 0.5) is 5.69 Å². The molecule has 0 fully saturated rings. The molecule has 0 spiro atoms. The Bertz CT molecular complexity index is 785. The lowest BCUT2D eigenvalue weighted by atomic mass is 10.2. The average Bonchev–Trinajstić information content (AvgIpc) is 3.00. The summed E-state index contributed by atoms with van der Waals surface area (Å²) in [6.45, 7) is 2.37. The first-order valence-electron chi connectivity index (χ1n) is 7.09. The lowest BCUT2D eigenvalue weighted by Gasteiger charge is -2.07. The van der Waals surface area contributed by atoms with Crippen molar-refractivity contribution in [1.82, 2.24) is 9.78 Å². The van der Waals surface area contributed by atoms with Gasteiger partial charge in [-0.25, -0.2) is 0 Å². The van der Waals surface area contributed by atoms with E-state index in [-0.39, 0.29) is 30.4 Å². The Labute approximate surface area is 139 Å². The van der Waals surface area contributed by atoms with Crippen LogP contribution in [0, 0.1) is 17.0 Å². The molecule has 0 saturated heterocycles. The van der Waals surface area contributed by atoms with Crippen molar-refractivity contribution in [3.63, 3.8) is 0 Å². The summed E-state index contributed by atoms with van der Waals surface area (Å²) in [7, 11) is -3.80. The third kappa shape index (κ3) is 5.11. The highest BCUT2D eigenvalue weighted by Crippen LogP contribution is 2.13. The highest BCUT2D eigenvalue weighted by Gasteiger charge is 2.14. The summed E-state index contributed by atoms with van der Waals surface area (Å²) < 4.78 is 35.3. The van der Waals surface area contributed by atoms with Crippen molar-refractivity contribution in [3.8, 4) is 0 Å². The summed E-state index contributed by atoms with van der Waals surface area (Å²) in [5, 5.41) is 14.3. The van der Waals surface area contributed by atoms with Crippen molar-refractivity contribution in [3.05, 3.63) is 52.3 Å². The number of ether oxygens (including phenoxy) is 1. The molecule has 0 radical (unpaired) electrons. The van der Waals surface area contributed by atoms with Crippen LogP contribution < -0.4 is 0 Å². The van der Waals surface area contributed by atoms with E-state index in [9.17, 15) is 18.5 Å². The van der Waals surface area contributed by atoms with Gasteiger partial charge in [-0.1, -0.05) is 17.7 Å². The Morgan fingerprint density at radius 2 is 1.92 bits per heavy atom. The van der Waals surface area contributed by atoms with E-state index in [1.807, 2.05) is 6.92 Å². The zero-order chi connectivity index (χ0) is 17.6. The second-order valence-corrected chi connectivity index (χ2v) is 6.54. The molecular weight excluding hydrogens is 338 g/mol. The second-order valence-electron chi connectivity index (χ2n) is 4.92. The first kappa shape index (κ1) is 18.0. The van der Waals surface area contributed by atoms with E-state index in [1.165, 1.54) is 23.0 Å². The van der Waals surface area contributed by atoms with Crippen LogP contribution >= 0.6 is 0 Å². The highest BCUT2D eigenvalue weighted by molar-refractivity contribution is 7.86. The SMILES string of the molecule is Cc1ccc(S(=O)(=O)OCCOCCn2cc([N+](=O)[O-])cn2)cc1. The molecule has 1 aromatic carbocycles. The maximum absolute atomic E-state index is 11.9. The van der Waals surface area contributed by atoms with E-state index in [1.54, 1.807) is 12.1 Å². The molecule has 0 amide bonds. The Morgan fingerprint density at radius 3 is 2.54 bits per heavy atom. The van der Waals surface area contributed by atoms with Crippen molar-refractivity contribution in [2.45, 2.75) is 18.4 Å². The Hall–Kier alpha value is -2.30. The van der Waals surface area contributed by atoms with Crippen LogP contribution in [0.1, 0.15) is 5.56 Å². The minimum atomic E-state index is -3.80.